The number of urea groups is 1. The molecule has 0 aromatic carbocycles. The van der Waals surface area contributed by atoms with Crippen LogP contribution in [0, 0.1) is 13.8 Å². The van der Waals surface area contributed by atoms with Crippen molar-refractivity contribution >= 4 is 17.4 Å². The minimum Gasteiger partial charge on any atom is -0.330 e. The molecule has 1 aliphatic heterocycles. The van der Waals surface area contributed by atoms with Gasteiger partial charge in [0.15, 0.2) is 0 Å². The van der Waals surface area contributed by atoms with Crippen molar-refractivity contribution in [1.82, 2.24) is 25.1 Å². The van der Waals surface area contributed by atoms with Crippen LogP contribution in [0.4, 0.5) is 4.79 Å². The highest BCUT2D eigenvalue weighted by Gasteiger charge is 2.22. The van der Waals surface area contributed by atoms with E-state index >= 15 is 0 Å². The molecule has 0 radical (unpaired) electrons. The predicted octanol–water partition coefficient (Wildman–Crippen LogP) is 3.13. The van der Waals surface area contributed by atoms with Crippen LogP contribution in [0.25, 0.3) is 0 Å². The van der Waals surface area contributed by atoms with Gasteiger partial charge in [-0.2, -0.15) is 0 Å². The Morgan fingerprint density at radius 1 is 1.27 bits per heavy atom. The zero-order valence-corrected chi connectivity index (χ0v) is 16.6. The van der Waals surface area contributed by atoms with Crippen molar-refractivity contribution in [2.24, 2.45) is 0 Å². The van der Waals surface area contributed by atoms with Crippen LogP contribution in [0.2, 0.25) is 0 Å². The molecule has 1 fully saturated rings. The van der Waals surface area contributed by atoms with Crippen LogP contribution in [-0.4, -0.2) is 52.0 Å². The Hall–Kier alpha value is -1.99. The topological polar surface area (TPSA) is 61.4 Å². The van der Waals surface area contributed by atoms with Crippen LogP contribution < -0.4 is 5.32 Å². The second-order valence-corrected chi connectivity index (χ2v) is 8.19. The second kappa shape index (κ2) is 8.60. The average molecular weight is 374 g/mol. The van der Waals surface area contributed by atoms with E-state index in [0.29, 0.717) is 0 Å². The zero-order valence-electron chi connectivity index (χ0n) is 15.7. The lowest BCUT2D eigenvalue weighted by Crippen LogP contribution is -2.43. The monoisotopic (exact) mass is 373 g/mol. The molecule has 3 rings (SSSR count). The van der Waals surface area contributed by atoms with Gasteiger partial charge in [0.1, 0.15) is 0 Å². The molecule has 26 heavy (non-hydrogen) atoms. The fraction of sp³-hybridized carbons (Fsp3) is 0.526. The summed E-state index contributed by atoms with van der Waals surface area (Å²) in [5.41, 5.74) is 2.06. The molecule has 7 heteroatoms. The number of nitrogens with one attached hydrogen (secondary N) is 1. The Bertz CT molecular complexity index is 733. The summed E-state index contributed by atoms with van der Waals surface area (Å²) in [6, 6.07) is 5.94. The molecule has 0 unspecified atom stereocenters. The van der Waals surface area contributed by atoms with Gasteiger partial charge in [-0.05, 0) is 39.3 Å². The number of pyridine rings is 1. The molecule has 2 aromatic rings. The predicted molar refractivity (Wildman–Crippen MR) is 104 cm³/mol. The minimum atomic E-state index is -0.0691. The van der Waals surface area contributed by atoms with Crippen molar-refractivity contribution in [3.05, 3.63) is 45.7 Å². The maximum Gasteiger partial charge on any atom is 0.317 e. The van der Waals surface area contributed by atoms with E-state index in [4.69, 9.17) is 0 Å². The number of aryl methyl sites for hydroxylation is 2. The maximum atomic E-state index is 12.7. The summed E-state index contributed by atoms with van der Waals surface area (Å²) in [5.74, 6) is 0. The molecule has 2 aromatic heterocycles. The quantitative estimate of drug-likeness (QED) is 0.894. The third-order valence-corrected chi connectivity index (χ3v) is 5.58. The summed E-state index contributed by atoms with van der Waals surface area (Å²) in [6.07, 6.45) is 2.81. The van der Waals surface area contributed by atoms with Gasteiger partial charge in [-0.15, -0.1) is 11.3 Å². The first-order valence-corrected chi connectivity index (χ1v) is 9.96. The Kier molecular flexibility index (Phi) is 6.21. The molecule has 0 bridgehead atoms. The van der Waals surface area contributed by atoms with Gasteiger partial charge in [-0.1, -0.05) is 6.07 Å². The van der Waals surface area contributed by atoms with Gasteiger partial charge in [0.2, 0.25) is 0 Å². The Balaban J connectivity index is 1.53. The maximum absolute atomic E-state index is 12.7. The van der Waals surface area contributed by atoms with Gasteiger partial charge in [0.25, 0.3) is 0 Å². The van der Waals surface area contributed by atoms with E-state index < -0.39 is 0 Å². The second-order valence-electron chi connectivity index (χ2n) is 6.78. The summed E-state index contributed by atoms with van der Waals surface area (Å²) < 4.78 is 0. The van der Waals surface area contributed by atoms with Crippen molar-refractivity contribution in [3.63, 3.8) is 0 Å². The van der Waals surface area contributed by atoms with Gasteiger partial charge in [-0.25, -0.2) is 9.78 Å². The molecule has 6 nitrogen and oxygen atoms in total. The van der Waals surface area contributed by atoms with E-state index in [1.165, 1.54) is 4.88 Å². The van der Waals surface area contributed by atoms with Gasteiger partial charge in [-0.3, -0.25) is 9.88 Å². The van der Waals surface area contributed by atoms with E-state index in [2.05, 4.69) is 33.2 Å². The van der Waals surface area contributed by atoms with Crippen LogP contribution in [-0.2, 0) is 6.54 Å². The molecular formula is C19H27N5OS. The molecule has 0 saturated carbocycles. The normalized spacial score (nSPS) is 17.0. The van der Waals surface area contributed by atoms with Gasteiger partial charge >= 0.3 is 6.03 Å². The third-order valence-electron chi connectivity index (χ3n) is 4.68. The van der Waals surface area contributed by atoms with Crippen molar-refractivity contribution < 1.29 is 4.79 Å². The van der Waals surface area contributed by atoms with Crippen molar-refractivity contribution in [1.29, 1.82) is 0 Å². The van der Waals surface area contributed by atoms with Gasteiger partial charge in [0, 0.05) is 43.8 Å². The fourth-order valence-corrected chi connectivity index (χ4v) is 4.26. The lowest BCUT2D eigenvalue weighted by atomic mass is 10.2. The van der Waals surface area contributed by atoms with Crippen LogP contribution in [0.5, 0.6) is 0 Å². The number of aromatic nitrogens is 2. The lowest BCUT2D eigenvalue weighted by molar-refractivity contribution is 0.194. The van der Waals surface area contributed by atoms with E-state index in [1.807, 2.05) is 37.1 Å². The molecule has 0 spiro atoms. The van der Waals surface area contributed by atoms with Gasteiger partial charge < -0.3 is 10.2 Å². The number of carbonyl (C=O) groups is 1. The first-order valence-electron chi connectivity index (χ1n) is 9.14. The molecule has 3 heterocycles. The first-order chi connectivity index (χ1) is 12.5. The number of rotatable bonds is 4. The lowest BCUT2D eigenvalue weighted by Gasteiger charge is -2.24. The Labute approximate surface area is 159 Å². The highest BCUT2D eigenvalue weighted by Crippen LogP contribution is 2.22. The fourth-order valence-electron chi connectivity index (χ4n) is 3.34. The summed E-state index contributed by atoms with van der Waals surface area (Å²) in [4.78, 5) is 27.1. The van der Waals surface area contributed by atoms with Crippen LogP contribution in [0.3, 0.4) is 0 Å². The van der Waals surface area contributed by atoms with Crippen molar-refractivity contribution in [2.45, 2.75) is 39.8 Å². The molecule has 0 aliphatic carbocycles. The average Bonchev–Trinajstić information content (AvgIpc) is 2.81. The number of hydrogen-bond donors (Lipinski definition) is 1. The summed E-state index contributed by atoms with van der Waals surface area (Å²) in [5, 5.41) is 4.15. The van der Waals surface area contributed by atoms with Crippen molar-refractivity contribution in [3.8, 4) is 0 Å². The summed E-state index contributed by atoms with van der Waals surface area (Å²) in [7, 11) is 0. The molecule has 1 saturated heterocycles. The smallest absolute Gasteiger partial charge is 0.317 e. The molecule has 1 aliphatic rings. The van der Waals surface area contributed by atoms with Crippen LogP contribution >= 0.6 is 11.3 Å². The number of thiazole rings is 1. The number of carbonyl (C=O) groups excluding carboxylic acids is 1. The molecule has 2 amide bonds. The summed E-state index contributed by atoms with van der Waals surface area (Å²) in [6.45, 7) is 10.3. The highest BCUT2D eigenvalue weighted by molar-refractivity contribution is 7.11. The molecule has 1 atom stereocenters. The molecule has 1 N–H and O–H groups in total. The van der Waals surface area contributed by atoms with E-state index in [1.54, 1.807) is 11.3 Å². The third kappa shape index (κ3) is 4.80. The SMILES string of the molecule is Cc1nc([C@@H](C)NC(=O)N2CCCN(Cc3ccccn3)CC2)c(C)s1. The highest BCUT2D eigenvalue weighted by atomic mass is 32.1. The first kappa shape index (κ1) is 18.8. The van der Waals surface area contributed by atoms with Gasteiger partial charge in [0.05, 0.1) is 22.4 Å². The van der Waals surface area contributed by atoms with Crippen LogP contribution in [0.1, 0.15) is 40.7 Å². The van der Waals surface area contributed by atoms with Crippen LogP contribution in [0.15, 0.2) is 24.4 Å². The van der Waals surface area contributed by atoms with Crippen molar-refractivity contribution in [2.75, 3.05) is 26.2 Å². The Morgan fingerprint density at radius 3 is 2.81 bits per heavy atom. The molecular weight excluding hydrogens is 346 g/mol. The Morgan fingerprint density at radius 2 is 2.12 bits per heavy atom. The minimum absolute atomic E-state index is 0.00207. The number of nitrogens with zero attached hydrogens (tertiary/aromatic N) is 4. The molecule has 140 valence electrons. The number of hydrogen-bond acceptors (Lipinski definition) is 5. The van der Waals surface area contributed by atoms with E-state index in [0.717, 1.165) is 55.5 Å². The zero-order chi connectivity index (χ0) is 18.5. The largest absolute Gasteiger partial charge is 0.330 e. The standard InChI is InChI=1S/C19H27N5OS/c1-14(18-15(2)26-16(3)22-18)21-19(25)24-10-6-9-23(11-12-24)13-17-7-4-5-8-20-17/h4-5,7-8,14H,6,9-13H2,1-3H3,(H,21,25)/t14-/m1/s1. The van der Waals surface area contributed by atoms with E-state index in [-0.39, 0.29) is 12.1 Å². The van der Waals surface area contributed by atoms with E-state index in [9.17, 15) is 4.79 Å². The number of amides is 2. The summed E-state index contributed by atoms with van der Waals surface area (Å²) >= 11 is 1.68.